The topological polar surface area (TPSA) is 47.3 Å². The molecule has 0 aromatic heterocycles. The highest BCUT2D eigenvalue weighted by atomic mass is 16.5. The Hall–Kier alpha value is -2.00. The fourth-order valence-electron chi connectivity index (χ4n) is 2.14. The number of benzene rings is 2. The second-order valence-electron chi connectivity index (χ2n) is 4.58. The minimum absolute atomic E-state index is 0.115. The van der Waals surface area contributed by atoms with Crippen LogP contribution in [0.4, 0.5) is 5.69 Å². The van der Waals surface area contributed by atoms with Gasteiger partial charge >= 0.3 is 0 Å². The van der Waals surface area contributed by atoms with Crippen LogP contribution in [-0.4, -0.2) is 14.2 Å². The van der Waals surface area contributed by atoms with Crippen molar-refractivity contribution in [2.24, 2.45) is 5.73 Å². The van der Waals surface area contributed by atoms with Gasteiger partial charge in [0, 0.05) is 12.7 Å². The zero-order valence-electron chi connectivity index (χ0n) is 11.6. The van der Waals surface area contributed by atoms with E-state index < -0.39 is 0 Å². The predicted octanol–water partition coefficient (Wildman–Crippen LogP) is 3.09. The van der Waals surface area contributed by atoms with E-state index in [-0.39, 0.29) is 6.04 Å². The Bertz CT molecular complexity index is 549. The number of ether oxygens (including phenoxy) is 1. The standard InChI is InChI=1S/C16H20N2O/c1-11-10-13(6-9-15(11)19-3)16(17)12-4-7-14(18-2)8-5-12/h4-10,16,18H,17H2,1-3H3. The Morgan fingerprint density at radius 1 is 1.05 bits per heavy atom. The molecule has 2 aromatic carbocycles. The lowest BCUT2D eigenvalue weighted by Crippen LogP contribution is -2.12. The Labute approximate surface area is 114 Å². The first-order valence-corrected chi connectivity index (χ1v) is 6.33. The SMILES string of the molecule is CNc1ccc(C(N)c2ccc(OC)c(C)c2)cc1. The van der Waals surface area contributed by atoms with Crippen molar-refractivity contribution in [3.05, 3.63) is 59.2 Å². The normalized spacial score (nSPS) is 12.0. The maximum Gasteiger partial charge on any atom is 0.121 e. The highest BCUT2D eigenvalue weighted by molar-refractivity contribution is 5.46. The van der Waals surface area contributed by atoms with Crippen LogP contribution in [-0.2, 0) is 0 Å². The van der Waals surface area contributed by atoms with E-state index in [4.69, 9.17) is 10.5 Å². The average Bonchev–Trinajstić information content (AvgIpc) is 2.46. The zero-order valence-corrected chi connectivity index (χ0v) is 11.6. The Morgan fingerprint density at radius 2 is 1.68 bits per heavy atom. The fraction of sp³-hybridized carbons (Fsp3) is 0.250. The van der Waals surface area contributed by atoms with Crippen molar-refractivity contribution in [3.63, 3.8) is 0 Å². The minimum Gasteiger partial charge on any atom is -0.496 e. The van der Waals surface area contributed by atoms with Crippen LogP contribution in [0.2, 0.25) is 0 Å². The van der Waals surface area contributed by atoms with Gasteiger partial charge in [-0.25, -0.2) is 0 Å². The molecule has 0 saturated heterocycles. The van der Waals surface area contributed by atoms with Crippen molar-refractivity contribution >= 4 is 5.69 Å². The predicted molar refractivity (Wildman–Crippen MR) is 79.8 cm³/mol. The number of aryl methyl sites for hydroxylation is 1. The second-order valence-corrected chi connectivity index (χ2v) is 4.58. The molecule has 0 radical (unpaired) electrons. The van der Waals surface area contributed by atoms with Gasteiger partial charge in [0.2, 0.25) is 0 Å². The first-order valence-electron chi connectivity index (χ1n) is 6.33. The summed E-state index contributed by atoms with van der Waals surface area (Å²) < 4.78 is 5.27. The Kier molecular flexibility index (Phi) is 4.07. The molecule has 0 aliphatic rings. The Balaban J connectivity index is 2.27. The van der Waals surface area contributed by atoms with Crippen molar-refractivity contribution in [2.75, 3.05) is 19.5 Å². The van der Waals surface area contributed by atoms with Crippen molar-refractivity contribution in [3.8, 4) is 5.75 Å². The van der Waals surface area contributed by atoms with E-state index in [1.54, 1.807) is 7.11 Å². The summed E-state index contributed by atoms with van der Waals surface area (Å²) in [7, 11) is 3.58. The summed E-state index contributed by atoms with van der Waals surface area (Å²) in [6, 6.07) is 14.1. The molecule has 19 heavy (non-hydrogen) atoms. The fourth-order valence-corrected chi connectivity index (χ4v) is 2.14. The van der Waals surface area contributed by atoms with Gasteiger partial charge in [-0.05, 0) is 41.8 Å². The third-order valence-corrected chi connectivity index (χ3v) is 3.34. The van der Waals surface area contributed by atoms with Gasteiger partial charge in [0.1, 0.15) is 5.75 Å². The molecule has 1 atom stereocenters. The monoisotopic (exact) mass is 256 g/mol. The van der Waals surface area contributed by atoms with E-state index >= 15 is 0 Å². The number of rotatable bonds is 4. The summed E-state index contributed by atoms with van der Waals surface area (Å²) in [6.07, 6.45) is 0. The van der Waals surface area contributed by atoms with E-state index in [9.17, 15) is 0 Å². The molecule has 0 aliphatic carbocycles. The van der Waals surface area contributed by atoms with Crippen molar-refractivity contribution < 1.29 is 4.74 Å². The molecule has 0 fully saturated rings. The van der Waals surface area contributed by atoms with Gasteiger partial charge in [0.15, 0.2) is 0 Å². The van der Waals surface area contributed by atoms with Gasteiger partial charge in [-0.1, -0.05) is 24.3 Å². The third kappa shape index (κ3) is 2.88. The number of nitrogens with two attached hydrogens (primary N) is 1. The molecular weight excluding hydrogens is 236 g/mol. The third-order valence-electron chi connectivity index (χ3n) is 3.34. The van der Waals surface area contributed by atoms with Crippen LogP contribution >= 0.6 is 0 Å². The molecule has 2 aromatic rings. The minimum atomic E-state index is -0.115. The van der Waals surface area contributed by atoms with Crippen LogP contribution in [0.5, 0.6) is 5.75 Å². The average molecular weight is 256 g/mol. The van der Waals surface area contributed by atoms with Gasteiger partial charge in [0.05, 0.1) is 13.2 Å². The molecule has 3 heteroatoms. The second kappa shape index (κ2) is 5.76. The molecular formula is C16H20N2O. The molecule has 3 nitrogen and oxygen atoms in total. The molecule has 100 valence electrons. The number of hydrogen-bond donors (Lipinski definition) is 2. The van der Waals surface area contributed by atoms with E-state index in [0.717, 1.165) is 28.1 Å². The number of nitrogens with one attached hydrogen (secondary N) is 1. The first kappa shape index (κ1) is 13.4. The van der Waals surface area contributed by atoms with E-state index in [1.807, 2.05) is 38.2 Å². The molecule has 2 rings (SSSR count). The Morgan fingerprint density at radius 3 is 2.21 bits per heavy atom. The molecule has 0 saturated carbocycles. The maximum atomic E-state index is 6.31. The zero-order chi connectivity index (χ0) is 13.8. The molecule has 0 heterocycles. The highest BCUT2D eigenvalue weighted by Gasteiger charge is 2.10. The van der Waals surface area contributed by atoms with E-state index in [0.29, 0.717) is 0 Å². The molecule has 3 N–H and O–H groups in total. The van der Waals surface area contributed by atoms with Gasteiger partial charge in [-0.15, -0.1) is 0 Å². The summed E-state index contributed by atoms with van der Waals surface area (Å²) in [6.45, 7) is 2.03. The molecule has 0 spiro atoms. The smallest absolute Gasteiger partial charge is 0.121 e. The summed E-state index contributed by atoms with van der Waals surface area (Å²) >= 11 is 0. The van der Waals surface area contributed by atoms with Crippen molar-refractivity contribution in [2.45, 2.75) is 13.0 Å². The summed E-state index contributed by atoms with van der Waals surface area (Å²) in [4.78, 5) is 0. The highest BCUT2D eigenvalue weighted by Crippen LogP contribution is 2.25. The van der Waals surface area contributed by atoms with E-state index in [1.165, 1.54) is 0 Å². The lowest BCUT2D eigenvalue weighted by atomic mass is 9.97. The largest absolute Gasteiger partial charge is 0.496 e. The van der Waals surface area contributed by atoms with Crippen LogP contribution in [0.15, 0.2) is 42.5 Å². The maximum absolute atomic E-state index is 6.31. The number of methoxy groups -OCH3 is 1. The van der Waals surface area contributed by atoms with Gasteiger partial charge in [-0.2, -0.15) is 0 Å². The summed E-state index contributed by atoms with van der Waals surface area (Å²) in [5.74, 6) is 0.890. The van der Waals surface area contributed by atoms with Gasteiger partial charge in [-0.3, -0.25) is 0 Å². The van der Waals surface area contributed by atoms with Crippen LogP contribution in [0.25, 0.3) is 0 Å². The molecule has 0 amide bonds. The van der Waals surface area contributed by atoms with Crippen LogP contribution in [0.1, 0.15) is 22.7 Å². The van der Waals surface area contributed by atoms with Gasteiger partial charge < -0.3 is 15.8 Å². The summed E-state index contributed by atoms with van der Waals surface area (Å²) in [5, 5.41) is 3.10. The summed E-state index contributed by atoms with van der Waals surface area (Å²) in [5.41, 5.74) is 10.7. The van der Waals surface area contributed by atoms with Crippen molar-refractivity contribution in [1.82, 2.24) is 0 Å². The first-order chi connectivity index (χ1) is 9.15. The molecule has 0 aliphatic heterocycles. The van der Waals surface area contributed by atoms with Crippen molar-refractivity contribution in [1.29, 1.82) is 0 Å². The molecule has 0 bridgehead atoms. The lowest BCUT2D eigenvalue weighted by Gasteiger charge is -2.15. The lowest BCUT2D eigenvalue weighted by molar-refractivity contribution is 0.411. The van der Waals surface area contributed by atoms with Crippen LogP contribution in [0.3, 0.4) is 0 Å². The van der Waals surface area contributed by atoms with Crippen LogP contribution in [0, 0.1) is 6.92 Å². The van der Waals surface area contributed by atoms with E-state index in [2.05, 4.69) is 23.5 Å². The molecule has 1 unspecified atom stereocenters. The van der Waals surface area contributed by atoms with Gasteiger partial charge in [0.25, 0.3) is 0 Å². The van der Waals surface area contributed by atoms with Crippen LogP contribution < -0.4 is 15.8 Å². The number of anilines is 1. The quantitative estimate of drug-likeness (QED) is 0.883. The number of hydrogen-bond acceptors (Lipinski definition) is 3.